The SMILES string of the molecule is O=C(NC(CCO)c1ccccc1)n1nc(-c2ccncc2)c2cc3nc[nH]c3cc21. The zero-order valence-corrected chi connectivity index (χ0v) is 16.6. The lowest BCUT2D eigenvalue weighted by Crippen LogP contribution is -2.33. The molecule has 31 heavy (non-hydrogen) atoms. The molecule has 2 aromatic carbocycles. The van der Waals surface area contributed by atoms with Gasteiger partial charge in [0.15, 0.2) is 0 Å². The maximum Gasteiger partial charge on any atom is 0.343 e. The number of aromatic amines is 1. The lowest BCUT2D eigenvalue weighted by atomic mass is 10.0. The van der Waals surface area contributed by atoms with E-state index in [2.05, 4.69) is 25.4 Å². The van der Waals surface area contributed by atoms with E-state index in [1.807, 2.05) is 54.6 Å². The standard InChI is InChI=1S/C23H20N6O2/c30-11-8-18(15-4-2-1-3-5-15)27-23(31)29-21-13-20-19(25-14-26-20)12-17(21)22(28-29)16-6-9-24-10-7-16/h1-7,9-10,12-14,18,30H,8,11H2,(H,25,26)(H,27,31). The van der Waals surface area contributed by atoms with Crippen LogP contribution in [0, 0.1) is 0 Å². The molecule has 0 radical (unpaired) electrons. The number of aliphatic hydroxyl groups excluding tert-OH is 1. The van der Waals surface area contributed by atoms with Crippen molar-refractivity contribution in [3.05, 3.63) is 78.9 Å². The lowest BCUT2D eigenvalue weighted by Gasteiger charge is -2.18. The van der Waals surface area contributed by atoms with Crippen LogP contribution in [0.4, 0.5) is 4.79 Å². The fourth-order valence-corrected chi connectivity index (χ4v) is 3.77. The number of pyridine rings is 1. The first-order chi connectivity index (χ1) is 15.2. The minimum atomic E-state index is -0.369. The third kappa shape index (κ3) is 3.53. The van der Waals surface area contributed by atoms with Gasteiger partial charge < -0.3 is 15.4 Å². The van der Waals surface area contributed by atoms with E-state index >= 15 is 0 Å². The van der Waals surface area contributed by atoms with Crippen molar-refractivity contribution >= 4 is 28.0 Å². The van der Waals surface area contributed by atoms with Crippen LogP contribution in [0.15, 0.2) is 73.3 Å². The Morgan fingerprint density at radius 1 is 1.13 bits per heavy atom. The van der Waals surface area contributed by atoms with Gasteiger partial charge in [0.05, 0.1) is 28.9 Å². The summed E-state index contributed by atoms with van der Waals surface area (Å²) in [7, 11) is 0. The van der Waals surface area contributed by atoms with Crippen LogP contribution in [0.1, 0.15) is 18.0 Å². The number of nitrogens with zero attached hydrogens (tertiary/aromatic N) is 4. The largest absolute Gasteiger partial charge is 0.396 e. The Kier molecular flexibility index (Phi) is 4.89. The Labute approximate surface area is 177 Å². The first-order valence-electron chi connectivity index (χ1n) is 9.97. The van der Waals surface area contributed by atoms with Crippen LogP contribution in [0.2, 0.25) is 0 Å². The van der Waals surface area contributed by atoms with Gasteiger partial charge in [0.25, 0.3) is 0 Å². The normalized spacial score (nSPS) is 12.3. The number of H-pyrrole nitrogens is 1. The summed E-state index contributed by atoms with van der Waals surface area (Å²) >= 11 is 0. The second-order valence-corrected chi connectivity index (χ2v) is 7.21. The molecule has 0 saturated heterocycles. The summed E-state index contributed by atoms with van der Waals surface area (Å²) in [6.45, 7) is -0.0449. The van der Waals surface area contributed by atoms with Gasteiger partial charge in [-0.05, 0) is 36.2 Å². The Morgan fingerprint density at radius 3 is 2.71 bits per heavy atom. The molecule has 1 atom stereocenters. The molecular weight excluding hydrogens is 392 g/mol. The highest BCUT2D eigenvalue weighted by atomic mass is 16.3. The highest BCUT2D eigenvalue weighted by Gasteiger charge is 2.21. The molecule has 1 unspecified atom stereocenters. The van der Waals surface area contributed by atoms with Crippen LogP contribution in [-0.4, -0.2) is 42.5 Å². The minimum Gasteiger partial charge on any atom is -0.396 e. The van der Waals surface area contributed by atoms with E-state index in [-0.39, 0.29) is 18.7 Å². The van der Waals surface area contributed by atoms with Crippen LogP contribution in [0.25, 0.3) is 33.2 Å². The number of rotatable bonds is 5. The minimum absolute atomic E-state index is 0.0449. The number of benzene rings is 2. The Hall–Kier alpha value is -4.04. The molecule has 5 aromatic rings. The van der Waals surface area contributed by atoms with Gasteiger partial charge in [-0.1, -0.05) is 30.3 Å². The molecule has 0 aliphatic rings. The average Bonchev–Trinajstić information content (AvgIpc) is 3.42. The number of amides is 1. The van der Waals surface area contributed by atoms with Crippen LogP contribution in [-0.2, 0) is 0 Å². The topological polar surface area (TPSA) is 109 Å². The van der Waals surface area contributed by atoms with E-state index in [0.717, 1.165) is 27.5 Å². The van der Waals surface area contributed by atoms with Gasteiger partial charge in [-0.25, -0.2) is 9.78 Å². The van der Waals surface area contributed by atoms with E-state index in [1.54, 1.807) is 18.7 Å². The summed E-state index contributed by atoms with van der Waals surface area (Å²) in [5.74, 6) is 0. The van der Waals surface area contributed by atoms with Gasteiger partial charge in [0, 0.05) is 30.0 Å². The zero-order chi connectivity index (χ0) is 21.2. The summed E-state index contributed by atoms with van der Waals surface area (Å²) in [5.41, 5.74) is 4.73. The third-order valence-corrected chi connectivity index (χ3v) is 5.28. The predicted molar refractivity (Wildman–Crippen MR) is 117 cm³/mol. The molecule has 8 heteroatoms. The molecule has 154 valence electrons. The number of carbonyl (C=O) groups excluding carboxylic acids is 1. The number of aromatic nitrogens is 5. The Morgan fingerprint density at radius 2 is 1.94 bits per heavy atom. The molecule has 8 nitrogen and oxygen atoms in total. The first-order valence-corrected chi connectivity index (χ1v) is 9.97. The number of imidazole rings is 1. The van der Waals surface area contributed by atoms with E-state index in [4.69, 9.17) is 0 Å². The fraction of sp³-hybridized carbons (Fsp3) is 0.130. The van der Waals surface area contributed by atoms with Crippen molar-refractivity contribution in [3.8, 4) is 11.3 Å². The van der Waals surface area contributed by atoms with Gasteiger partial charge in [-0.3, -0.25) is 4.98 Å². The summed E-state index contributed by atoms with van der Waals surface area (Å²) in [6, 6.07) is 16.4. The number of aliphatic hydroxyl groups is 1. The number of hydrogen-bond donors (Lipinski definition) is 3. The number of carbonyl (C=O) groups is 1. The van der Waals surface area contributed by atoms with Crippen LogP contribution < -0.4 is 5.32 Å². The van der Waals surface area contributed by atoms with Gasteiger partial charge in [-0.2, -0.15) is 9.78 Å². The summed E-state index contributed by atoms with van der Waals surface area (Å²) in [5, 5.41) is 18.0. The number of hydrogen-bond acceptors (Lipinski definition) is 5. The summed E-state index contributed by atoms with van der Waals surface area (Å²) < 4.78 is 1.37. The van der Waals surface area contributed by atoms with Gasteiger partial charge >= 0.3 is 6.03 Å². The molecule has 0 fully saturated rings. The van der Waals surface area contributed by atoms with Crippen molar-refractivity contribution in [1.29, 1.82) is 0 Å². The predicted octanol–water partition coefficient (Wildman–Crippen LogP) is 3.66. The third-order valence-electron chi connectivity index (χ3n) is 5.28. The van der Waals surface area contributed by atoms with Crippen molar-refractivity contribution in [2.75, 3.05) is 6.61 Å². The van der Waals surface area contributed by atoms with Gasteiger partial charge in [-0.15, -0.1) is 0 Å². The fourth-order valence-electron chi connectivity index (χ4n) is 3.77. The average molecular weight is 412 g/mol. The lowest BCUT2D eigenvalue weighted by molar-refractivity contribution is 0.229. The molecule has 1 amide bonds. The van der Waals surface area contributed by atoms with E-state index in [0.29, 0.717) is 17.6 Å². The monoisotopic (exact) mass is 412 g/mol. The molecular formula is C23H20N6O2. The molecule has 3 heterocycles. The van der Waals surface area contributed by atoms with Gasteiger partial charge in [0.1, 0.15) is 5.69 Å². The highest BCUT2D eigenvalue weighted by molar-refractivity contribution is 6.04. The highest BCUT2D eigenvalue weighted by Crippen LogP contribution is 2.30. The molecule has 5 rings (SSSR count). The molecule has 0 aliphatic carbocycles. The summed E-state index contributed by atoms with van der Waals surface area (Å²) in [6.07, 6.45) is 5.41. The van der Waals surface area contributed by atoms with Crippen molar-refractivity contribution in [1.82, 2.24) is 30.0 Å². The number of nitrogens with one attached hydrogen (secondary N) is 2. The zero-order valence-electron chi connectivity index (χ0n) is 16.6. The van der Waals surface area contributed by atoms with E-state index in [9.17, 15) is 9.90 Å². The molecule has 0 bridgehead atoms. The van der Waals surface area contributed by atoms with Crippen molar-refractivity contribution < 1.29 is 9.90 Å². The second kappa shape index (κ2) is 8.00. The van der Waals surface area contributed by atoms with Crippen LogP contribution in [0.5, 0.6) is 0 Å². The molecule has 3 aromatic heterocycles. The molecule has 0 aliphatic heterocycles. The molecule has 0 saturated carbocycles. The second-order valence-electron chi connectivity index (χ2n) is 7.21. The Bertz CT molecular complexity index is 1340. The van der Waals surface area contributed by atoms with Crippen molar-refractivity contribution in [3.63, 3.8) is 0 Å². The molecule has 3 N–H and O–H groups in total. The van der Waals surface area contributed by atoms with Crippen molar-refractivity contribution in [2.45, 2.75) is 12.5 Å². The van der Waals surface area contributed by atoms with Crippen LogP contribution in [0.3, 0.4) is 0 Å². The molecule has 0 spiro atoms. The quantitative estimate of drug-likeness (QED) is 0.408. The smallest absolute Gasteiger partial charge is 0.343 e. The van der Waals surface area contributed by atoms with Gasteiger partial charge in [0.2, 0.25) is 0 Å². The number of fused-ring (bicyclic) bond motifs is 2. The van der Waals surface area contributed by atoms with Crippen LogP contribution >= 0.6 is 0 Å². The summed E-state index contributed by atoms with van der Waals surface area (Å²) in [4.78, 5) is 24.8. The maximum absolute atomic E-state index is 13.3. The van der Waals surface area contributed by atoms with E-state index < -0.39 is 0 Å². The van der Waals surface area contributed by atoms with Crippen molar-refractivity contribution in [2.24, 2.45) is 0 Å². The van der Waals surface area contributed by atoms with E-state index in [1.165, 1.54) is 4.68 Å². The Balaban J connectivity index is 1.61. The first kappa shape index (κ1) is 19.0. The maximum atomic E-state index is 13.3.